The maximum Gasteiger partial charge on any atom is 0.267 e. The van der Waals surface area contributed by atoms with Crippen molar-refractivity contribution in [2.45, 2.75) is 39.2 Å². The molecule has 0 unspecified atom stereocenters. The number of carbonyl (C=O) groups is 1. The van der Waals surface area contributed by atoms with Crippen LogP contribution < -0.4 is 0 Å². The van der Waals surface area contributed by atoms with Gasteiger partial charge in [-0.05, 0) is 31.3 Å². The number of carbonyl (C=O) groups excluding carboxylic acids is 1. The monoisotopic (exact) mass is 312 g/mol. The summed E-state index contributed by atoms with van der Waals surface area (Å²) >= 11 is 1.18. The molecule has 1 fully saturated rings. The van der Waals surface area contributed by atoms with E-state index in [1.807, 2.05) is 32.6 Å². The second kappa shape index (κ2) is 6.37. The Morgan fingerprint density at radius 2 is 1.95 bits per heavy atom. The molecule has 2 rings (SSSR count). The van der Waals surface area contributed by atoms with Gasteiger partial charge in [-0.15, -0.1) is 5.10 Å². The molecule has 1 aliphatic rings. The Kier molecular flexibility index (Phi) is 4.95. The van der Waals surface area contributed by atoms with Gasteiger partial charge >= 0.3 is 0 Å². The Morgan fingerprint density at radius 1 is 1.33 bits per heavy atom. The Hall–Kier alpha value is -1.05. The normalized spacial score (nSPS) is 17.5. The smallest absolute Gasteiger partial charge is 0.267 e. The fourth-order valence-electron chi connectivity index (χ4n) is 2.52. The van der Waals surface area contributed by atoms with E-state index in [4.69, 9.17) is 0 Å². The van der Waals surface area contributed by atoms with Crippen molar-refractivity contribution in [2.75, 3.05) is 32.7 Å². The highest BCUT2D eigenvalue weighted by Crippen LogP contribution is 2.22. The molecule has 0 saturated carbocycles. The highest BCUT2D eigenvalue weighted by molar-refractivity contribution is 7.08. The van der Waals surface area contributed by atoms with E-state index in [1.54, 1.807) is 0 Å². The summed E-state index contributed by atoms with van der Waals surface area (Å²) in [7, 11) is 0. The van der Waals surface area contributed by atoms with Crippen LogP contribution in [0, 0.1) is 0 Å². The lowest BCUT2D eigenvalue weighted by Gasteiger charge is -2.37. The fourth-order valence-corrected chi connectivity index (χ4v) is 3.31. The molecule has 0 aliphatic carbocycles. The van der Waals surface area contributed by atoms with Crippen LogP contribution in [0.5, 0.6) is 0 Å². The van der Waals surface area contributed by atoms with Gasteiger partial charge in [0.05, 0.1) is 11.3 Å². The molecule has 1 aliphatic heterocycles. The van der Waals surface area contributed by atoms with Crippen LogP contribution in [0.2, 0.25) is 0 Å². The summed E-state index contributed by atoms with van der Waals surface area (Å²) < 4.78 is 3.92. The van der Waals surface area contributed by atoms with Crippen molar-refractivity contribution in [3.63, 3.8) is 0 Å². The average molecular weight is 312 g/mol. The largest absolute Gasteiger partial charge is 0.389 e. The fraction of sp³-hybridized carbons (Fsp3) is 0.786. The first-order valence-electron chi connectivity index (χ1n) is 7.34. The molecule has 0 atom stereocenters. The van der Waals surface area contributed by atoms with Gasteiger partial charge in [0.2, 0.25) is 0 Å². The van der Waals surface area contributed by atoms with Gasteiger partial charge in [0.25, 0.3) is 5.91 Å². The van der Waals surface area contributed by atoms with Crippen molar-refractivity contribution in [1.29, 1.82) is 0 Å². The van der Waals surface area contributed by atoms with Crippen LogP contribution in [0.25, 0.3) is 0 Å². The van der Waals surface area contributed by atoms with E-state index in [0.29, 0.717) is 24.5 Å². The van der Waals surface area contributed by atoms with Crippen molar-refractivity contribution < 1.29 is 9.90 Å². The second-order valence-corrected chi connectivity index (χ2v) is 7.28. The van der Waals surface area contributed by atoms with Gasteiger partial charge in [-0.3, -0.25) is 9.69 Å². The highest BCUT2D eigenvalue weighted by Gasteiger charge is 2.28. The molecule has 1 aromatic rings. The first-order chi connectivity index (χ1) is 9.78. The summed E-state index contributed by atoms with van der Waals surface area (Å²) in [5.41, 5.74) is 0.0994. The quantitative estimate of drug-likeness (QED) is 0.904. The number of nitrogens with zero attached hydrogens (tertiary/aromatic N) is 4. The molecule has 1 N–H and O–H groups in total. The molecular formula is C14H24N4O2S. The third-order valence-electron chi connectivity index (χ3n) is 3.52. The van der Waals surface area contributed by atoms with E-state index in [2.05, 4.69) is 14.5 Å². The molecule has 21 heavy (non-hydrogen) atoms. The zero-order chi connectivity index (χ0) is 15.6. The summed E-state index contributed by atoms with van der Waals surface area (Å²) in [6, 6.07) is 0. The Balaban J connectivity index is 1.96. The average Bonchev–Trinajstić information content (AvgIpc) is 2.86. The first kappa shape index (κ1) is 16.3. The molecule has 1 saturated heterocycles. The number of amides is 1. The second-order valence-electron chi connectivity index (χ2n) is 6.52. The topological polar surface area (TPSA) is 69.6 Å². The molecule has 0 aromatic carbocycles. The number of β-amino-alcohol motifs (C(OH)–C–C–N with tert-alkyl or cyclic N) is 1. The number of hydrogen-bond donors (Lipinski definition) is 1. The van der Waals surface area contributed by atoms with E-state index in [9.17, 15) is 9.90 Å². The van der Waals surface area contributed by atoms with Gasteiger partial charge in [0.15, 0.2) is 0 Å². The summed E-state index contributed by atoms with van der Waals surface area (Å²) in [6.45, 7) is 11.2. The Labute approximate surface area is 129 Å². The third kappa shape index (κ3) is 4.21. The number of piperazine rings is 1. The van der Waals surface area contributed by atoms with Gasteiger partial charge in [0, 0.05) is 32.7 Å². The molecule has 0 spiro atoms. The molecule has 6 nitrogen and oxygen atoms in total. The van der Waals surface area contributed by atoms with Crippen LogP contribution in [-0.4, -0.2) is 68.7 Å². The first-order valence-corrected chi connectivity index (χ1v) is 8.11. The van der Waals surface area contributed by atoms with E-state index in [0.717, 1.165) is 18.8 Å². The lowest BCUT2D eigenvalue weighted by molar-refractivity contribution is 0.0179. The van der Waals surface area contributed by atoms with Crippen molar-refractivity contribution in [2.24, 2.45) is 0 Å². The molecule has 1 aromatic heterocycles. The molecular weight excluding hydrogens is 288 g/mol. The number of aromatic nitrogens is 2. The summed E-state index contributed by atoms with van der Waals surface area (Å²) in [5, 5.41) is 13.9. The molecule has 1 amide bonds. The van der Waals surface area contributed by atoms with Gasteiger partial charge in [-0.25, -0.2) is 0 Å². The lowest BCUT2D eigenvalue weighted by atomic mass is 10.1. The van der Waals surface area contributed by atoms with Crippen LogP contribution in [-0.2, 0) is 0 Å². The number of hydrogen-bond acceptors (Lipinski definition) is 6. The van der Waals surface area contributed by atoms with Gasteiger partial charge in [-0.1, -0.05) is 18.3 Å². The number of rotatable bonds is 4. The van der Waals surface area contributed by atoms with Crippen LogP contribution in [0.3, 0.4) is 0 Å². The zero-order valence-electron chi connectivity index (χ0n) is 13.2. The van der Waals surface area contributed by atoms with Crippen molar-refractivity contribution in [1.82, 2.24) is 19.4 Å². The van der Waals surface area contributed by atoms with Gasteiger partial charge < -0.3 is 10.0 Å². The predicted octanol–water partition coefficient (Wildman–Crippen LogP) is 1.19. The minimum absolute atomic E-state index is 0.0385. The highest BCUT2D eigenvalue weighted by atomic mass is 32.1. The molecule has 2 heterocycles. The van der Waals surface area contributed by atoms with Crippen LogP contribution >= 0.6 is 11.5 Å². The minimum Gasteiger partial charge on any atom is -0.389 e. The van der Waals surface area contributed by atoms with E-state index < -0.39 is 5.60 Å². The zero-order valence-corrected chi connectivity index (χ0v) is 14.0. The standard InChI is InChI=1S/C14H24N4O2S/c1-10(2)11-12(21-16-15-11)13(19)18-7-5-17(6-8-18)9-14(3,4)20/h10,20H,5-9H2,1-4H3. The SMILES string of the molecule is CC(C)c1nnsc1C(=O)N1CCN(CC(C)(C)O)CC1. The van der Waals surface area contributed by atoms with Gasteiger partial charge in [0.1, 0.15) is 4.88 Å². The van der Waals surface area contributed by atoms with Crippen molar-refractivity contribution in [3.05, 3.63) is 10.6 Å². The molecule has 0 bridgehead atoms. The molecule has 0 radical (unpaired) electrons. The maximum atomic E-state index is 12.6. The summed E-state index contributed by atoms with van der Waals surface area (Å²) in [4.78, 5) is 17.3. The summed E-state index contributed by atoms with van der Waals surface area (Å²) in [6.07, 6.45) is 0. The van der Waals surface area contributed by atoms with E-state index >= 15 is 0 Å². The van der Waals surface area contributed by atoms with Crippen LogP contribution in [0.1, 0.15) is 49.0 Å². The molecule has 7 heteroatoms. The number of aliphatic hydroxyl groups is 1. The Bertz CT molecular complexity index is 487. The van der Waals surface area contributed by atoms with Crippen LogP contribution in [0.4, 0.5) is 0 Å². The minimum atomic E-state index is -0.696. The Morgan fingerprint density at radius 3 is 2.48 bits per heavy atom. The van der Waals surface area contributed by atoms with E-state index in [1.165, 1.54) is 11.5 Å². The maximum absolute atomic E-state index is 12.6. The lowest BCUT2D eigenvalue weighted by Crippen LogP contribution is -2.52. The summed E-state index contributed by atoms with van der Waals surface area (Å²) in [5.74, 6) is 0.246. The third-order valence-corrected chi connectivity index (χ3v) is 4.25. The van der Waals surface area contributed by atoms with Crippen LogP contribution in [0.15, 0.2) is 0 Å². The van der Waals surface area contributed by atoms with Gasteiger partial charge in [-0.2, -0.15) is 0 Å². The predicted molar refractivity (Wildman–Crippen MR) is 82.6 cm³/mol. The van der Waals surface area contributed by atoms with E-state index in [-0.39, 0.29) is 11.8 Å². The van der Waals surface area contributed by atoms with Crippen molar-refractivity contribution in [3.8, 4) is 0 Å². The molecule has 118 valence electrons. The van der Waals surface area contributed by atoms with Crippen molar-refractivity contribution >= 4 is 17.4 Å².